The lowest BCUT2D eigenvalue weighted by Crippen LogP contribution is -2.41. The minimum Gasteiger partial charge on any atom is -0.413 e. The molecule has 38 heavy (non-hydrogen) atoms. The van der Waals surface area contributed by atoms with Gasteiger partial charge in [0.1, 0.15) is 12.9 Å². The number of hydrogen-bond acceptors (Lipinski definition) is 7. The molecule has 2 fully saturated rings. The molecule has 3 aromatic rings. The van der Waals surface area contributed by atoms with Crippen molar-refractivity contribution < 1.29 is 19.2 Å². The van der Waals surface area contributed by atoms with Crippen LogP contribution in [0.1, 0.15) is 48.0 Å². The summed E-state index contributed by atoms with van der Waals surface area (Å²) in [5.74, 6) is 0.356. The number of carbonyl (C=O) groups is 2. The van der Waals surface area contributed by atoms with Crippen molar-refractivity contribution in [3.63, 3.8) is 0 Å². The highest BCUT2D eigenvalue weighted by Crippen LogP contribution is 2.20. The van der Waals surface area contributed by atoms with Gasteiger partial charge in [0, 0.05) is 37.5 Å². The summed E-state index contributed by atoms with van der Waals surface area (Å²) < 4.78 is 7.03. The average molecular weight is 519 g/mol. The summed E-state index contributed by atoms with van der Waals surface area (Å²) in [5, 5.41) is 2.85. The predicted molar refractivity (Wildman–Crippen MR) is 142 cm³/mol. The lowest BCUT2D eigenvalue weighted by molar-refractivity contribution is 0.0540. The van der Waals surface area contributed by atoms with Gasteiger partial charge < -0.3 is 19.8 Å². The number of piperidine rings is 2. The van der Waals surface area contributed by atoms with Crippen LogP contribution >= 0.6 is 0 Å². The number of pyridine rings is 1. The normalized spacial score (nSPS) is 16.7. The third-order valence-electron chi connectivity index (χ3n) is 7.07. The first-order valence-electron chi connectivity index (χ1n) is 13.3. The van der Waals surface area contributed by atoms with Crippen LogP contribution in [0.4, 0.5) is 10.5 Å². The molecule has 0 radical (unpaired) electrons. The molecule has 1 aromatic carbocycles. The van der Waals surface area contributed by atoms with Crippen LogP contribution < -0.4 is 14.9 Å². The monoisotopic (exact) mass is 518 g/mol. The minimum atomic E-state index is -0.423. The quantitative estimate of drug-likeness (QED) is 0.483. The zero-order valence-electron chi connectivity index (χ0n) is 21.5. The topological polar surface area (TPSA) is 102 Å². The molecule has 0 spiro atoms. The van der Waals surface area contributed by atoms with E-state index in [9.17, 15) is 9.59 Å². The summed E-state index contributed by atoms with van der Waals surface area (Å²) >= 11 is 0. The second-order valence-electron chi connectivity index (χ2n) is 9.89. The Morgan fingerprint density at radius 2 is 1.76 bits per heavy atom. The summed E-state index contributed by atoms with van der Waals surface area (Å²) in [4.78, 5) is 43.2. The number of imidazole rings is 1. The molecule has 0 aliphatic carbocycles. The molecule has 10 heteroatoms. The number of nitrogens with one attached hydrogen (secondary N) is 1. The molecule has 1 N–H and O–H groups in total. The fraction of sp³-hybridized carbons (Fsp3) is 0.429. The molecule has 4 heterocycles. The van der Waals surface area contributed by atoms with E-state index in [0.29, 0.717) is 36.9 Å². The molecule has 2 aromatic heterocycles. The van der Waals surface area contributed by atoms with E-state index < -0.39 is 6.09 Å². The Bertz CT molecular complexity index is 1170. The Balaban J connectivity index is 1.05. The second-order valence-corrected chi connectivity index (χ2v) is 9.89. The van der Waals surface area contributed by atoms with E-state index >= 15 is 0 Å². The molecule has 200 valence electrons. The number of carbonyl (C=O) groups excluding carboxylic acids is 2. The number of aromatic nitrogens is 3. The van der Waals surface area contributed by atoms with E-state index in [-0.39, 0.29) is 11.8 Å². The molecule has 2 saturated heterocycles. The fourth-order valence-corrected chi connectivity index (χ4v) is 4.81. The molecule has 0 bridgehead atoms. The lowest BCUT2D eigenvalue weighted by atomic mass is 9.98. The Morgan fingerprint density at radius 1 is 0.974 bits per heavy atom. The SMILES string of the molecule is O=C(Nc1ccc(OC(=O)N2CCC(COn3ccnc3)CC2)nc1)c1ccc(CN2CCCCC2)cc1. The number of amides is 2. The number of anilines is 1. The van der Waals surface area contributed by atoms with Crippen LogP contribution in [0.3, 0.4) is 0 Å². The average Bonchev–Trinajstić information content (AvgIpc) is 3.48. The Labute approximate surface area is 222 Å². The fourth-order valence-electron chi connectivity index (χ4n) is 4.81. The molecule has 5 rings (SSSR count). The minimum absolute atomic E-state index is 0.195. The van der Waals surface area contributed by atoms with Crippen LogP contribution in [0.25, 0.3) is 0 Å². The van der Waals surface area contributed by atoms with E-state index in [0.717, 1.165) is 32.5 Å². The third-order valence-corrected chi connectivity index (χ3v) is 7.07. The Kier molecular flexibility index (Phi) is 8.49. The molecule has 0 atom stereocenters. The van der Waals surface area contributed by atoms with Crippen LogP contribution in [-0.4, -0.2) is 69.3 Å². The van der Waals surface area contributed by atoms with Gasteiger partial charge in [-0.15, -0.1) is 0 Å². The first-order valence-corrected chi connectivity index (χ1v) is 13.3. The number of likely N-dealkylation sites (tertiary alicyclic amines) is 2. The predicted octanol–water partition coefficient (Wildman–Crippen LogP) is 3.86. The maximum atomic E-state index is 12.7. The summed E-state index contributed by atoms with van der Waals surface area (Å²) in [6, 6.07) is 11.0. The molecule has 0 saturated carbocycles. The second kappa shape index (κ2) is 12.6. The Morgan fingerprint density at radius 3 is 2.45 bits per heavy atom. The van der Waals surface area contributed by atoms with Gasteiger partial charge in [-0.25, -0.2) is 14.8 Å². The standard InChI is InChI=1S/C28H34N6O4/c35-27(24-6-4-22(5-7-24)19-32-13-2-1-3-14-32)31-25-8-9-26(30-18-25)38-28(36)33-15-10-23(11-16-33)20-37-34-17-12-29-21-34/h4-9,12,17-18,21,23H,1-3,10-11,13-16,19-20H2,(H,31,35). The molecule has 0 unspecified atom stereocenters. The van der Waals surface area contributed by atoms with Gasteiger partial charge in [-0.05, 0) is 68.5 Å². The van der Waals surface area contributed by atoms with Crippen LogP contribution in [0.15, 0.2) is 61.3 Å². The van der Waals surface area contributed by atoms with Crippen molar-refractivity contribution in [3.8, 4) is 5.88 Å². The van der Waals surface area contributed by atoms with Crippen LogP contribution in [0.2, 0.25) is 0 Å². The molecule has 2 aliphatic rings. The molecular weight excluding hydrogens is 484 g/mol. The van der Waals surface area contributed by atoms with Gasteiger partial charge in [0.15, 0.2) is 0 Å². The van der Waals surface area contributed by atoms with E-state index in [1.807, 2.05) is 24.3 Å². The maximum Gasteiger partial charge on any atom is 0.416 e. The highest BCUT2D eigenvalue weighted by atomic mass is 16.7. The number of hydrogen-bond donors (Lipinski definition) is 1. The summed E-state index contributed by atoms with van der Waals surface area (Å²) in [6.45, 7) is 4.98. The van der Waals surface area contributed by atoms with E-state index in [2.05, 4.69) is 20.2 Å². The smallest absolute Gasteiger partial charge is 0.413 e. The lowest BCUT2D eigenvalue weighted by Gasteiger charge is -2.30. The van der Waals surface area contributed by atoms with Crippen LogP contribution in [0, 0.1) is 5.92 Å². The number of rotatable bonds is 8. The van der Waals surface area contributed by atoms with E-state index in [1.165, 1.54) is 31.0 Å². The van der Waals surface area contributed by atoms with Gasteiger partial charge >= 0.3 is 6.09 Å². The molecule has 2 aliphatic heterocycles. The van der Waals surface area contributed by atoms with Crippen molar-refractivity contribution in [2.75, 3.05) is 38.1 Å². The van der Waals surface area contributed by atoms with Gasteiger partial charge in [0.2, 0.25) is 5.88 Å². The highest BCUT2D eigenvalue weighted by Gasteiger charge is 2.25. The van der Waals surface area contributed by atoms with Gasteiger partial charge in [-0.3, -0.25) is 9.69 Å². The van der Waals surface area contributed by atoms with E-state index in [1.54, 1.807) is 40.5 Å². The zero-order valence-corrected chi connectivity index (χ0v) is 21.5. The van der Waals surface area contributed by atoms with Crippen molar-refractivity contribution in [2.24, 2.45) is 5.92 Å². The van der Waals surface area contributed by atoms with Gasteiger partial charge in [0.25, 0.3) is 5.91 Å². The molecule has 2 amide bonds. The maximum absolute atomic E-state index is 12.7. The number of ether oxygens (including phenoxy) is 1. The van der Waals surface area contributed by atoms with Crippen LogP contribution in [0.5, 0.6) is 5.88 Å². The number of nitrogens with zero attached hydrogens (tertiary/aromatic N) is 5. The van der Waals surface area contributed by atoms with Gasteiger partial charge in [-0.1, -0.05) is 18.6 Å². The van der Waals surface area contributed by atoms with Gasteiger partial charge in [-0.2, -0.15) is 4.73 Å². The van der Waals surface area contributed by atoms with Crippen molar-refractivity contribution in [1.82, 2.24) is 24.5 Å². The Hall–Kier alpha value is -3.92. The number of benzene rings is 1. The zero-order chi connectivity index (χ0) is 26.2. The summed E-state index contributed by atoms with van der Waals surface area (Å²) in [5.41, 5.74) is 2.33. The molecular formula is C28H34N6O4. The summed E-state index contributed by atoms with van der Waals surface area (Å²) in [6.07, 6.45) is 11.6. The summed E-state index contributed by atoms with van der Waals surface area (Å²) in [7, 11) is 0. The van der Waals surface area contributed by atoms with E-state index in [4.69, 9.17) is 9.57 Å². The van der Waals surface area contributed by atoms with Crippen molar-refractivity contribution >= 4 is 17.7 Å². The highest BCUT2D eigenvalue weighted by molar-refractivity contribution is 6.04. The first-order chi connectivity index (χ1) is 18.6. The first kappa shape index (κ1) is 25.7. The van der Waals surface area contributed by atoms with Crippen molar-refractivity contribution in [3.05, 3.63) is 72.4 Å². The van der Waals surface area contributed by atoms with Crippen LogP contribution in [-0.2, 0) is 6.54 Å². The third kappa shape index (κ3) is 7.10. The largest absolute Gasteiger partial charge is 0.416 e. The van der Waals surface area contributed by atoms with Crippen molar-refractivity contribution in [1.29, 1.82) is 0 Å². The van der Waals surface area contributed by atoms with Gasteiger partial charge in [0.05, 0.1) is 18.1 Å². The molecule has 10 nitrogen and oxygen atoms in total. The van der Waals surface area contributed by atoms with Crippen molar-refractivity contribution in [2.45, 2.75) is 38.6 Å².